The van der Waals surface area contributed by atoms with Crippen LogP contribution in [0.15, 0.2) is 24.3 Å². The summed E-state index contributed by atoms with van der Waals surface area (Å²) in [4.78, 5) is 12.2. The molecule has 0 saturated heterocycles. The molecule has 2 aromatic rings. The average Bonchev–Trinajstić information content (AvgIpc) is 2.66. The quantitative estimate of drug-likeness (QED) is 0.941. The second-order valence-corrected chi connectivity index (χ2v) is 5.11. The summed E-state index contributed by atoms with van der Waals surface area (Å²) in [6.07, 6.45) is 1.09. The van der Waals surface area contributed by atoms with E-state index in [1.54, 1.807) is 10.7 Å². The van der Waals surface area contributed by atoms with E-state index in [2.05, 4.69) is 10.4 Å². The zero-order valence-electron chi connectivity index (χ0n) is 11.9. The molecular weight excluding hydrogens is 274 g/mol. The Morgan fingerprint density at radius 2 is 2.10 bits per heavy atom. The molecule has 0 radical (unpaired) electrons. The Kier molecular flexibility index (Phi) is 4.45. The van der Waals surface area contributed by atoms with Gasteiger partial charge in [-0.15, -0.1) is 0 Å². The van der Waals surface area contributed by atoms with Gasteiger partial charge in [-0.3, -0.25) is 9.48 Å². The van der Waals surface area contributed by atoms with E-state index in [-0.39, 0.29) is 12.3 Å². The van der Waals surface area contributed by atoms with Gasteiger partial charge in [0.15, 0.2) is 0 Å². The van der Waals surface area contributed by atoms with Gasteiger partial charge in [0, 0.05) is 17.6 Å². The first-order valence-electron chi connectivity index (χ1n) is 6.58. The molecule has 0 aliphatic rings. The summed E-state index contributed by atoms with van der Waals surface area (Å²) in [5.74, 6) is 0.679. The molecule has 1 N–H and O–H groups in total. The predicted molar refractivity (Wildman–Crippen MR) is 81.1 cm³/mol. The van der Waals surface area contributed by atoms with Gasteiger partial charge in [-0.25, -0.2) is 0 Å². The third-order valence-electron chi connectivity index (χ3n) is 3.27. The smallest absolute Gasteiger partial charge is 0.230 e. The monoisotopic (exact) mass is 291 g/mol. The second kappa shape index (κ2) is 6.09. The molecule has 0 fully saturated rings. The molecule has 0 aliphatic heterocycles. The van der Waals surface area contributed by atoms with Crippen molar-refractivity contribution >= 4 is 23.3 Å². The van der Waals surface area contributed by atoms with Crippen LogP contribution < -0.4 is 5.32 Å². The summed E-state index contributed by atoms with van der Waals surface area (Å²) in [5.41, 5.74) is 2.84. The Morgan fingerprint density at radius 3 is 2.75 bits per heavy atom. The number of anilines is 1. The molecule has 0 saturated carbocycles. The number of aryl methyl sites for hydroxylation is 2. The predicted octanol–water partition coefficient (Wildman–Crippen LogP) is 3.13. The summed E-state index contributed by atoms with van der Waals surface area (Å²) in [6, 6.07) is 7.37. The minimum absolute atomic E-state index is 0.0872. The molecule has 1 heterocycles. The van der Waals surface area contributed by atoms with E-state index in [1.807, 2.05) is 39.1 Å². The van der Waals surface area contributed by atoms with Crippen molar-refractivity contribution in [3.8, 4) is 0 Å². The summed E-state index contributed by atoms with van der Waals surface area (Å²) in [6.45, 7) is 4.00. The first kappa shape index (κ1) is 14.6. The van der Waals surface area contributed by atoms with Gasteiger partial charge < -0.3 is 5.32 Å². The lowest BCUT2D eigenvalue weighted by molar-refractivity contribution is -0.115. The summed E-state index contributed by atoms with van der Waals surface area (Å²) in [5, 5.41) is 7.88. The van der Waals surface area contributed by atoms with Crippen LogP contribution in [0.4, 0.5) is 5.82 Å². The Balaban J connectivity index is 2.15. The minimum atomic E-state index is -0.0872. The number of hydrogen-bond acceptors (Lipinski definition) is 2. The van der Waals surface area contributed by atoms with Crippen LogP contribution in [0.5, 0.6) is 0 Å². The fourth-order valence-corrected chi connectivity index (χ4v) is 2.48. The number of benzene rings is 1. The van der Waals surface area contributed by atoms with Gasteiger partial charge >= 0.3 is 0 Å². The Labute approximate surface area is 123 Å². The zero-order valence-corrected chi connectivity index (χ0v) is 12.7. The first-order valence-corrected chi connectivity index (χ1v) is 6.96. The lowest BCUT2D eigenvalue weighted by Gasteiger charge is -2.08. The van der Waals surface area contributed by atoms with Crippen molar-refractivity contribution in [1.82, 2.24) is 9.78 Å². The third-order valence-corrected chi connectivity index (χ3v) is 3.64. The maximum atomic E-state index is 12.2. The highest BCUT2D eigenvalue weighted by molar-refractivity contribution is 6.31. The maximum Gasteiger partial charge on any atom is 0.230 e. The number of hydrogen-bond donors (Lipinski definition) is 1. The van der Waals surface area contributed by atoms with Crippen LogP contribution in [0, 0.1) is 6.92 Å². The highest BCUT2D eigenvalue weighted by Crippen LogP contribution is 2.20. The summed E-state index contributed by atoms with van der Waals surface area (Å²) >= 11 is 6.07. The van der Waals surface area contributed by atoms with Crippen LogP contribution in [0.25, 0.3) is 0 Å². The lowest BCUT2D eigenvalue weighted by atomic mass is 10.1. The Morgan fingerprint density at radius 1 is 1.40 bits per heavy atom. The van der Waals surface area contributed by atoms with Crippen LogP contribution in [0.3, 0.4) is 0 Å². The van der Waals surface area contributed by atoms with Gasteiger partial charge in [0.05, 0.1) is 12.1 Å². The number of halogens is 1. The highest BCUT2D eigenvalue weighted by atomic mass is 35.5. The van der Waals surface area contributed by atoms with E-state index < -0.39 is 0 Å². The minimum Gasteiger partial charge on any atom is -0.310 e. The summed E-state index contributed by atoms with van der Waals surface area (Å²) < 4.78 is 1.71. The third kappa shape index (κ3) is 3.02. The summed E-state index contributed by atoms with van der Waals surface area (Å²) in [7, 11) is 1.83. The molecule has 20 heavy (non-hydrogen) atoms. The molecule has 1 amide bonds. The van der Waals surface area contributed by atoms with Crippen molar-refractivity contribution in [2.45, 2.75) is 26.7 Å². The lowest BCUT2D eigenvalue weighted by Crippen LogP contribution is -2.17. The molecule has 0 bridgehead atoms. The molecule has 0 atom stereocenters. The molecule has 0 unspecified atom stereocenters. The average molecular weight is 292 g/mol. The van der Waals surface area contributed by atoms with Gasteiger partial charge in [0.2, 0.25) is 5.91 Å². The molecule has 1 aromatic heterocycles. The van der Waals surface area contributed by atoms with Crippen LogP contribution in [-0.4, -0.2) is 15.7 Å². The zero-order chi connectivity index (χ0) is 14.7. The second-order valence-electron chi connectivity index (χ2n) is 4.71. The van der Waals surface area contributed by atoms with Gasteiger partial charge in [0.1, 0.15) is 5.82 Å². The molecular formula is C15H18ClN3O. The standard InChI is InChI=1S/C15H18ClN3O/c1-4-12-10(2)18-19(3)15(12)17-14(20)9-11-7-5-6-8-13(11)16/h5-8H,4,9H2,1-3H3,(H,17,20). The van der Waals surface area contributed by atoms with Crippen molar-refractivity contribution in [1.29, 1.82) is 0 Å². The maximum absolute atomic E-state index is 12.2. The van der Waals surface area contributed by atoms with Crippen molar-refractivity contribution in [2.75, 3.05) is 5.32 Å². The number of amides is 1. The van der Waals surface area contributed by atoms with E-state index in [1.165, 1.54) is 0 Å². The number of carbonyl (C=O) groups is 1. The number of nitrogens with one attached hydrogen (secondary N) is 1. The van der Waals surface area contributed by atoms with E-state index in [4.69, 9.17) is 11.6 Å². The van der Waals surface area contributed by atoms with E-state index in [0.717, 1.165) is 29.1 Å². The highest BCUT2D eigenvalue weighted by Gasteiger charge is 2.15. The van der Waals surface area contributed by atoms with Crippen LogP contribution in [0.2, 0.25) is 5.02 Å². The van der Waals surface area contributed by atoms with Crippen LogP contribution in [0.1, 0.15) is 23.7 Å². The fraction of sp³-hybridized carbons (Fsp3) is 0.333. The largest absolute Gasteiger partial charge is 0.310 e. The van der Waals surface area contributed by atoms with E-state index >= 15 is 0 Å². The number of nitrogens with zero attached hydrogens (tertiary/aromatic N) is 2. The SMILES string of the molecule is CCc1c(C)nn(C)c1NC(=O)Cc1ccccc1Cl. The molecule has 5 heteroatoms. The van der Waals surface area contributed by atoms with Gasteiger partial charge in [-0.2, -0.15) is 5.10 Å². The number of carbonyl (C=O) groups excluding carboxylic acids is 1. The Bertz CT molecular complexity index is 634. The van der Waals surface area contributed by atoms with Crippen LogP contribution >= 0.6 is 11.6 Å². The van der Waals surface area contributed by atoms with Gasteiger partial charge in [-0.05, 0) is 25.0 Å². The topological polar surface area (TPSA) is 46.9 Å². The molecule has 0 aliphatic carbocycles. The molecule has 2 rings (SSSR count). The first-order chi connectivity index (χ1) is 9.52. The van der Waals surface area contributed by atoms with E-state index in [9.17, 15) is 4.79 Å². The molecule has 106 valence electrons. The molecule has 4 nitrogen and oxygen atoms in total. The molecule has 0 spiro atoms. The number of aromatic nitrogens is 2. The van der Waals surface area contributed by atoms with Gasteiger partial charge in [0.25, 0.3) is 0 Å². The normalized spacial score (nSPS) is 10.6. The van der Waals surface area contributed by atoms with Crippen molar-refractivity contribution < 1.29 is 4.79 Å². The van der Waals surface area contributed by atoms with Crippen molar-refractivity contribution in [2.24, 2.45) is 7.05 Å². The van der Waals surface area contributed by atoms with Crippen molar-refractivity contribution in [3.63, 3.8) is 0 Å². The van der Waals surface area contributed by atoms with E-state index in [0.29, 0.717) is 5.02 Å². The fourth-order valence-electron chi connectivity index (χ4n) is 2.27. The van der Waals surface area contributed by atoms with Gasteiger partial charge in [-0.1, -0.05) is 36.7 Å². The number of rotatable bonds is 4. The Hall–Kier alpha value is -1.81. The van der Waals surface area contributed by atoms with Crippen molar-refractivity contribution in [3.05, 3.63) is 46.1 Å². The van der Waals surface area contributed by atoms with Crippen LogP contribution in [-0.2, 0) is 24.7 Å². The molecule has 1 aromatic carbocycles.